The number of carboxylic acid groups (broad SMARTS) is 3. The van der Waals surface area contributed by atoms with E-state index in [1.54, 1.807) is 36.4 Å². The Morgan fingerprint density at radius 2 is 1.17 bits per heavy atom. The van der Waals surface area contributed by atoms with Gasteiger partial charge in [-0.3, -0.25) is 20.4 Å². The summed E-state index contributed by atoms with van der Waals surface area (Å²) in [6.07, 6.45) is -0.143. The molecule has 0 aromatic heterocycles. The first-order valence-corrected chi connectivity index (χ1v) is 27.2. The number of rotatable bonds is 24. The van der Waals surface area contributed by atoms with Crippen LogP contribution in [0.2, 0.25) is 0 Å². The molecule has 84 heavy (non-hydrogen) atoms. The van der Waals surface area contributed by atoms with E-state index in [-0.39, 0.29) is 132 Å². The maximum Gasteiger partial charge on any atom is 0.336 e. The SMILES string of the molecule is CC(C)=O.N=c1ccc2c(-c3ccccc3C(=O)O)c3ccc(N)c(SOOO)c3oc-2c1SOOO.Nc1ccc2c(-c3cc(C(=O)NCCOCCOCCC(=O)O)ccc3C(=O)O)c3ccc(=[NH2+])c(SOOO)c-3oc2c1S(=O)(=O)[O-]. The zero-order valence-electron chi connectivity index (χ0n) is 43.3. The molecular weight excluding hydrogens is 1190 g/mol. The molecule has 2 heterocycles. The highest BCUT2D eigenvalue weighted by molar-refractivity contribution is 7.95. The Labute approximate surface area is 485 Å². The first kappa shape index (κ1) is 65.1. The summed E-state index contributed by atoms with van der Waals surface area (Å²) in [7, 11) is -5.27. The Bertz CT molecular complexity index is 3930. The van der Waals surface area contributed by atoms with Crippen molar-refractivity contribution in [2.24, 2.45) is 0 Å². The Balaban J connectivity index is 0.000000266. The van der Waals surface area contributed by atoms with Crippen LogP contribution in [0.1, 0.15) is 51.3 Å². The lowest BCUT2D eigenvalue weighted by atomic mass is 9.89. The monoisotopic (exact) mass is 1240 g/mol. The second-order valence-electron chi connectivity index (χ2n) is 16.9. The first-order valence-electron chi connectivity index (χ1n) is 23.6. The predicted octanol–water partition coefficient (Wildman–Crippen LogP) is 6.13. The van der Waals surface area contributed by atoms with E-state index in [4.69, 9.17) is 61.5 Å². The molecule has 2 aliphatic heterocycles. The van der Waals surface area contributed by atoms with E-state index in [9.17, 15) is 47.2 Å². The van der Waals surface area contributed by atoms with Crippen molar-refractivity contribution < 1.29 is 120 Å². The first-order chi connectivity index (χ1) is 40.0. The number of fused-ring (bicyclic) bond motifs is 4. The average molecular weight is 1240 g/mol. The smallest absolute Gasteiger partial charge is 0.336 e. The van der Waals surface area contributed by atoms with Crippen LogP contribution in [0.5, 0.6) is 0 Å². The van der Waals surface area contributed by atoms with Crippen LogP contribution >= 0.6 is 36.1 Å². The van der Waals surface area contributed by atoms with Gasteiger partial charge < -0.3 is 59.8 Å². The summed E-state index contributed by atoms with van der Waals surface area (Å²) in [5.41, 5.74) is 12.5. The number of hydrogen-bond acceptors (Lipinski definition) is 27. The van der Waals surface area contributed by atoms with Gasteiger partial charge in [-0.2, -0.15) is 0 Å². The number of amides is 1. The summed E-state index contributed by atoms with van der Waals surface area (Å²) in [5.74, 6) is -4.04. The summed E-state index contributed by atoms with van der Waals surface area (Å²) >= 11 is 1.47. The molecule has 0 spiro atoms. The molecular formula is C51H47N5O24S4. The number of nitrogens with two attached hydrogens (primary N) is 3. The maximum absolute atomic E-state index is 13.1. The van der Waals surface area contributed by atoms with Gasteiger partial charge in [0, 0.05) is 51.2 Å². The van der Waals surface area contributed by atoms with Gasteiger partial charge in [-0.25, -0.2) is 33.8 Å². The third-order valence-electron chi connectivity index (χ3n) is 11.3. The minimum absolute atomic E-state index is 0.00432. The van der Waals surface area contributed by atoms with E-state index in [0.717, 1.165) is 6.07 Å². The van der Waals surface area contributed by atoms with E-state index in [1.807, 2.05) is 0 Å². The van der Waals surface area contributed by atoms with Gasteiger partial charge in [-0.05, 0) is 91.7 Å². The molecule has 0 saturated heterocycles. The fraction of sp³-hybridized carbons (Fsp3) is 0.157. The Morgan fingerprint density at radius 1 is 0.643 bits per heavy atom. The van der Waals surface area contributed by atoms with Gasteiger partial charge in [0.05, 0.1) is 96.8 Å². The molecule has 33 heteroatoms. The fourth-order valence-corrected chi connectivity index (χ4v) is 10.2. The zero-order valence-corrected chi connectivity index (χ0v) is 46.6. The fourth-order valence-electron chi connectivity index (χ4n) is 8.01. The van der Waals surface area contributed by atoms with Gasteiger partial charge in [-0.1, -0.05) is 33.3 Å². The highest BCUT2D eigenvalue weighted by Crippen LogP contribution is 2.49. The number of aromatic carboxylic acids is 2. The number of ether oxygens (including phenoxy) is 2. The van der Waals surface area contributed by atoms with Gasteiger partial charge in [0.25, 0.3) is 5.91 Å². The van der Waals surface area contributed by atoms with Gasteiger partial charge in [0.15, 0.2) is 27.6 Å². The van der Waals surface area contributed by atoms with Crippen LogP contribution in [0.4, 0.5) is 11.4 Å². The summed E-state index contributed by atoms with van der Waals surface area (Å²) in [5, 5.41) is 82.8. The van der Waals surface area contributed by atoms with Gasteiger partial charge in [0.2, 0.25) is 5.36 Å². The number of benzene rings is 6. The van der Waals surface area contributed by atoms with Gasteiger partial charge in [0.1, 0.15) is 30.6 Å². The molecule has 4 aliphatic rings. The van der Waals surface area contributed by atoms with E-state index < -0.39 is 50.1 Å². The van der Waals surface area contributed by atoms with Crippen LogP contribution in [0.15, 0.2) is 119 Å². The Hall–Kier alpha value is -8.07. The Morgan fingerprint density at radius 3 is 1.77 bits per heavy atom. The summed E-state index contributed by atoms with van der Waals surface area (Å²) in [4.78, 5) is 56.8. The largest absolute Gasteiger partial charge is 0.744 e. The lowest BCUT2D eigenvalue weighted by Gasteiger charge is -2.21. The second kappa shape index (κ2) is 30.0. The number of Topliss-reactive ketones (excluding diaryl/α,β-unsaturated/α-hetero) is 1. The molecule has 0 bridgehead atoms. The van der Waals surface area contributed by atoms with Crippen molar-refractivity contribution in [3.63, 3.8) is 0 Å². The minimum atomic E-state index is -5.27. The highest BCUT2D eigenvalue weighted by Gasteiger charge is 2.30. The van der Waals surface area contributed by atoms with E-state index >= 15 is 0 Å². The van der Waals surface area contributed by atoms with Crippen LogP contribution in [-0.2, 0) is 57.3 Å². The quantitative estimate of drug-likeness (QED) is 0.00616. The molecule has 0 atom stereocenters. The zero-order chi connectivity index (χ0) is 61.4. The molecule has 29 nitrogen and oxygen atoms in total. The summed E-state index contributed by atoms with van der Waals surface area (Å²) in [6.45, 7) is 3.52. The topological polar surface area (TPSA) is 478 Å². The normalized spacial score (nSPS) is 11.3. The number of carbonyl (C=O) groups excluding carboxylic acids is 2. The number of ketones is 1. The highest BCUT2D eigenvalue weighted by atomic mass is 32.2. The maximum atomic E-state index is 13.1. The molecule has 444 valence electrons. The van der Waals surface area contributed by atoms with Gasteiger partial charge >= 0.3 is 17.9 Å². The minimum Gasteiger partial charge on any atom is -0.744 e. The number of anilines is 2. The number of nitrogen functional groups attached to an aromatic ring is 2. The van der Waals surface area contributed by atoms with E-state index in [1.165, 1.54) is 62.4 Å². The molecule has 0 radical (unpaired) electrons. The third-order valence-corrected chi connectivity index (χ3v) is 14.3. The second-order valence-corrected chi connectivity index (χ2v) is 20.4. The van der Waals surface area contributed by atoms with Crippen LogP contribution < -0.4 is 32.9 Å². The van der Waals surface area contributed by atoms with Crippen LogP contribution in [0.3, 0.4) is 0 Å². The van der Waals surface area contributed by atoms with Crippen molar-refractivity contribution in [1.82, 2.24) is 5.32 Å². The molecule has 4 aromatic rings. The van der Waals surface area contributed by atoms with Crippen molar-refractivity contribution in [3.05, 3.63) is 118 Å². The van der Waals surface area contributed by atoms with Crippen molar-refractivity contribution >= 4 is 109 Å². The lowest BCUT2D eigenvalue weighted by Crippen LogP contribution is -2.46. The molecule has 2 aliphatic carbocycles. The lowest BCUT2D eigenvalue weighted by molar-refractivity contribution is -0.432. The molecule has 4 aromatic carbocycles. The number of aliphatic carboxylic acids is 1. The molecule has 0 saturated carbocycles. The molecule has 14 N–H and O–H groups in total. The van der Waals surface area contributed by atoms with Crippen LogP contribution in [0, 0.1) is 5.41 Å². The number of hydrogen-bond donors (Lipinski definition) is 11. The molecule has 0 fully saturated rings. The van der Waals surface area contributed by atoms with Crippen molar-refractivity contribution in [3.8, 4) is 44.9 Å². The van der Waals surface area contributed by atoms with Crippen molar-refractivity contribution in [1.29, 1.82) is 5.41 Å². The molecule has 0 unspecified atom stereocenters. The molecule has 8 rings (SSSR count). The van der Waals surface area contributed by atoms with E-state index in [2.05, 4.69) is 33.4 Å². The Kier molecular flexibility index (Phi) is 23.2. The summed E-state index contributed by atoms with van der Waals surface area (Å²) < 4.78 is 73.1. The van der Waals surface area contributed by atoms with E-state index in [0.29, 0.717) is 58.2 Å². The summed E-state index contributed by atoms with van der Waals surface area (Å²) in [6, 6.07) is 21.7. The standard InChI is InChI=1S/C28H27N3O14S2.C20H14N2O9S2.C3H6O/c29-19-5-3-16-22(17-4-6-20(30)26(47(38,39)40)24(17)43-23(16)25(19)46-45-44-37)18-13-14(1-2-15(18)28(35)36)27(34)31-8-10-42-12-11-41-9-7-21(32)33;21-13-7-5-11-15(9-3-1-2-4-10(9)20(23)24)12-6-8-14(22)19(33-31-29-26)17(12)27-16(11)18(13)32-30-28-25;1-3(2)4/h1-6,13,29,37H,7-12,30H2,(H,31,34)(H,32,33)(H,35,36)(H,38,39,40);1-8,21,25-26H,22H2,(H,23,24);1-2H3. The van der Waals surface area contributed by atoms with Gasteiger partial charge in [-0.15, -0.1) is 13.0 Å². The number of carbonyl (C=O) groups is 5. The van der Waals surface area contributed by atoms with Crippen molar-refractivity contribution in [2.45, 2.75) is 39.9 Å². The van der Waals surface area contributed by atoms with Crippen LogP contribution in [-0.4, -0.2) is 107 Å². The van der Waals surface area contributed by atoms with Crippen LogP contribution in [0.25, 0.3) is 66.8 Å². The predicted molar refractivity (Wildman–Crippen MR) is 293 cm³/mol. The molecule has 1 amide bonds. The third kappa shape index (κ3) is 15.8. The van der Waals surface area contributed by atoms with Crippen molar-refractivity contribution in [2.75, 3.05) is 44.4 Å². The number of nitrogens with one attached hydrogen (secondary N) is 2. The average Bonchev–Trinajstić information content (AvgIpc) is 0.884. The number of carboxylic acids is 3.